The fourth-order valence-corrected chi connectivity index (χ4v) is 6.68. The molecule has 5 nitrogen and oxygen atoms in total. The Hall–Kier alpha value is -1.21. The second-order valence-electron chi connectivity index (χ2n) is 7.93. The van der Waals surface area contributed by atoms with Crippen molar-refractivity contribution in [3.05, 3.63) is 44.3 Å². The van der Waals surface area contributed by atoms with Gasteiger partial charge in [0.05, 0.1) is 0 Å². The molecule has 1 aliphatic carbocycles. The van der Waals surface area contributed by atoms with Crippen molar-refractivity contribution in [3.63, 3.8) is 0 Å². The van der Waals surface area contributed by atoms with Crippen LogP contribution in [-0.2, 0) is 25.8 Å². The Morgan fingerprint density at radius 3 is 2.72 bits per heavy atom. The van der Waals surface area contributed by atoms with E-state index in [1.807, 2.05) is 0 Å². The van der Waals surface area contributed by atoms with Crippen molar-refractivity contribution in [1.29, 1.82) is 0 Å². The minimum absolute atomic E-state index is 0.0557. The maximum absolute atomic E-state index is 13.9. The van der Waals surface area contributed by atoms with Crippen molar-refractivity contribution in [2.24, 2.45) is 0 Å². The van der Waals surface area contributed by atoms with Crippen LogP contribution in [0.2, 0.25) is 9.91 Å². The summed E-state index contributed by atoms with van der Waals surface area (Å²) in [5.41, 5.74) is 11.2. The molecule has 3 aromatic rings. The molecule has 0 aliphatic heterocycles. The molecule has 2 aromatic heterocycles. The van der Waals surface area contributed by atoms with Gasteiger partial charge in [-0.05, 0) is 0 Å². The second kappa shape index (κ2) is 8.88. The van der Waals surface area contributed by atoms with Gasteiger partial charge in [0.25, 0.3) is 0 Å². The monoisotopic (exact) mass is 569 g/mol. The summed E-state index contributed by atoms with van der Waals surface area (Å²) < 4.78 is 18.0. The summed E-state index contributed by atoms with van der Waals surface area (Å²) in [7, 11) is 0. The topological polar surface area (TPSA) is 69.6 Å². The van der Waals surface area contributed by atoms with Gasteiger partial charge in [0, 0.05) is 0 Å². The number of benzene rings is 1. The van der Waals surface area contributed by atoms with E-state index in [0.29, 0.717) is 17.6 Å². The van der Waals surface area contributed by atoms with Crippen LogP contribution in [0.5, 0.6) is 0 Å². The first-order valence-electron chi connectivity index (χ1n) is 10.1. The van der Waals surface area contributed by atoms with Crippen molar-refractivity contribution >= 4 is 55.3 Å². The molecular formula is C21H26AsFIN5. The Morgan fingerprint density at radius 2 is 1.97 bits per heavy atom. The molecule has 1 aromatic carbocycles. The number of hydrogen-bond acceptors (Lipinski definition) is 4. The van der Waals surface area contributed by atoms with Crippen molar-refractivity contribution in [1.82, 2.24) is 19.5 Å². The molecule has 0 saturated carbocycles. The summed E-state index contributed by atoms with van der Waals surface area (Å²) >= 11 is 2.48. The molecule has 0 saturated heterocycles. The van der Waals surface area contributed by atoms with E-state index in [4.69, 9.17) is 10.7 Å². The number of aryl methyl sites for hydroxylation is 3. The van der Waals surface area contributed by atoms with Gasteiger partial charge in [0.2, 0.25) is 0 Å². The maximum atomic E-state index is 13.9. The van der Waals surface area contributed by atoms with Gasteiger partial charge in [-0.15, -0.1) is 0 Å². The third-order valence-corrected chi connectivity index (χ3v) is 9.46. The molecule has 2 heterocycles. The first-order valence-corrected chi connectivity index (χ1v) is 13.9. The average Bonchev–Trinajstić information content (AvgIpc) is 3.23. The predicted molar refractivity (Wildman–Crippen MR) is 125 cm³/mol. The molecule has 4 rings (SSSR count). The number of halogens is 2. The molecule has 8 heteroatoms. The number of aromatic nitrogens is 4. The van der Waals surface area contributed by atoms with Crippen LogP contribution < -0.4 is 5.73 Å². The van der Waals surface area contributed by atoms with Gasteiger partial charge in [-0.25, -0.2) is 0 Å². The summed E-state index contributed by atoms with van der Waals surface area (Å²) in [5, 5.41) is 1.25. The summed E-state index contributed by atoms with van der Waals surface area (Å²) in [6.45, 7) is 5.37. The number of nitrogens with zero attached hydrogens (tertiary/aromatic N) is 4. The van der Waals surface area contributed by atoms with E-state index in [1.54, 1.807) is 0 Å². The van der Waals surface area contributed by atoms with Crippen molar-refractivity contribution in [2.45, 2.75) is 62.4 Å². The molecule has 0 spiro atoms. The first-order chi connectivity index (χ1) is 13.9. The van der Waals surface area contributed by atoms with Crippen LogP contribution in [0.15, 0.2) is 12.1 Å². The van der Waals surface area contributed by atoms with E-state index < -0.39 is 6.08 Å². The van der Waals surface area contributed by atoms with Crippen LogP contribution in [-0.4, -0.2) is 35.3 Å². The Morgan fingerprint density at radius 1 is 1.21 bits per heavy atom. The summed E-state index contributed by atoms with van der Waals surface area (Å²) in [6, 6.07) is 4.64. The van der Waals surface area contributed by atoms with Gasteiger partial charge in [-0.3, -0.25) is 0 Å². The van der Waals surface area contributed by atoms with E-state index in [2.05, 4.69) is 63.1 Å². The van der Waals surface area contributed by atoms with Crippen molar-refractivity contribution in [2.75, 3.05) is 5.73 Å². The standard InChI is InChI=1S/C21H26AsFIN5/c1-12(2)22-7-4-8-29-17(26-18-19(25)27-21(23)28-20(18)29)11-15-9-13-5-3-6-14(13)10-16(15)24/h9-10,12,22H,3-8,11H2,1-2H3,(H2,25,27,28). The molecule has 0 fully saturated rings. The normalized spacial score (nSPS) is 14.0. The first kappa shape index (κ1) is 21.0. The molecule has 0 amide bonds. The van der Waals surface area contributed by atoms with E-state index >= 15 is 0 Å². The molecule has 0 bridgehead atoms. The number of nitrogens with two attached hydrogens (primary N) is 1. The van der Waals surface area contributed by atoms with Crippen LogP contribution >= 0.6 is 22.6 Å². The van der Waals surface area contributed by atoms with Crippen molar-refractivity contribution < 1.29 is 4.39 Å². The van der Waals surface area contributed by atoms with Gasteiger partial charge >= 0.3 is 192 Å². The van der Waals surface area contributed by atoms with Crippen molar-refractivity contribution in [3.8, 4) is 0 Å². The SMILES string of the molecule is CC(C)[AsH]CCCn1c(Cc2cc3c(cc2I)CCC3)nc2c(N)nc(F)nc21. The zero-order chi connectivity index (χ0) is 20.5. The average molecular weight is 569 g/mol. The van der Waals surface area contributed by atoms with Gasteiger partial charge in [0.15, 0.2) is 0 Å². The fraction of sp³-hybridized carbons (Fsp3) is 0.476. The van der Waals surface area contributed by atoms with Gasteiger partial charge < -0.3 is 0 Å². The van der Waals surface area contributed by atoms with E-state index in [0.717, 1.165) is 29.9 Å². The number of rotatable bonds is 7. The van der Waals surface area contributed by atoms with E-state index in [1.165, 1.54) is 38.3 Å². The number of anilines is 1. The minimum atomic E-state index is -0.787. The fourth-order valence-electron chi connectivity index (χ4n) is 3.99. The Balaban J connectivity index is 1.69. The third kappa shape index (κ3) is 4.60. The van der Waals surface area contributed by atoms with Gasteiger partial charge in [0.1, 0.15) is 0 Å². The van der Waals surface area contributed by atoms with E-state index in [9.17, 15) is 4.39 Å². The number of fused-ring (bicyclic) bond motifs is 2. The van der Waals surface area contributed by atoms with Crippen LogP contribution in [0, 0.1) is 9.65 Å². The zero-order valence-corrected chi connectivity index (χ0v) is 21.1. The molecule has 0 radical (unpaired) electrons. The molecule has 1 unspecified atom stereocenters. The summed E-state index contributed by atoms with van der Waals surface area (Å²) in [5.74, 6) is 1.01. The van der Waals surface area contributed by atoms with Crippen LogP contribution in [0.25, 0.3) is 11.2 Å². The van der Waals surface area contributed by atoms with Crippen LogP contribution in [0.4, 0.5) is 10.2 Å². The molecular weight excluding hydrogens is 543 g/mol. The molecule has 1 atom stereocenters. The van der Waals surface area contributed by atoms with E-state index in [-0.39, 0.29) is 21.6 Å². The molecule has 1 aliphatic rings. The zero-order valence-electron chi connectivity index (χ0n) is 16.8. The third-order valence-electron chi connectivity index (χ3n) is 5.39. The second-order valence-corrected chi connectivity index (χ2v) is 13.4. The molecule has 29 heavy (non-hydrogen) atoms. The number of hydrogen-bond donors (Lipinski definition) is 1. The molecule has 2 N–H and O–H groups in total. The quantitative estimate of drug-likeness (QED) is 0.200. The van der Waals surface area contributed by atoms with Crippen LogP contribution in [0.1, 0.15) is 49.2 Å². The number of imidazole rings is 1. The predicted octanol–water partition coefficient (Wildman–Crippen LogP) is 4.30. The van der Waals surface area contributed by atoms with Gasteiger partial charge in [-0.1, -0.05) is 0 Å². The summed E-state index contributed by atoms with van der Waals surface area (Å²) in [6.07, 6.45) is 4.53. The Bertz CT molecular complexity index is 1050. The number of nitrogen functional groups attached to an aromatic ring is 1. The summed E-state index contributed by atoms with van der Waals surface area (Å²) in [4.78, 5) is 12.5. The van der Waals surface area contributed by atoms with Crippen LogP contribution in [0.3, 0.4) is 0 Å². The Kier molecular flexibility index (Phi) is 6.44. The van der Waals surface area contributed by atoms with Gasteiger partial charge in [-0.2, -0.15) is 0 Å². The Labute approximate surface area is 190 Å². The molecule has 154 valence electrons.